The van der Waals surface area contributed by atoms with Gasteiger partial charge < -0.3 is 15.6 Å². The fraction of sp³-hybridized carbons (Fsp3) is 0.636. The van der Waals surface area contributed by atoms with Crippen LogP contribution < -0.4 is 11.1 Å². The molecule has 0 aliphatic heterocycles. The Morgan fingerprint density at radius 1 is 1.62 bits per heavy atom. The van der Waals surface area contributed by atoms with Gasteiger partial charge in [0.2, 0.25) is 0 Å². The number of carbonyl (C=O) groups excluding carboxylic acids is 1. The summed E-state index contributed by atoms with van der Waals surface area (Å²) in [5, 5.41) is 6.57. The van der Waals surface area contributed by atoms with E-state index < -0.39 is 0 Å². The second kappa shape index (κ2) is 4.25. The van der Waals surface area contributed by atoms with E-state index in [2.05, 4.69) is 10.5 Å². The number of hydrogen-bond acceptors (Lipinski definition) is 4. The number of hydrogen-bond donors (Lipinski definition) is 2. The zero-order valence-corrected chi connectivity index (χ0v) is 9.62. The van der Waals surface area contributed by atoms with Crippen LogP contribution in [0.5, 0.6) is 0 Å². The molecule has 1 heterocycles. The van der Waals surface area contributed by atoms with Crippen molar-refractivity contribution in [1.82, 2.24) is 10.5 Å². The van der Waals surface area contributed by atoms with Crippen LogP contribution in [0.3, 0.4) is 0 Å². The van der Waals surface area contributed by atoms with Gasteiger partial charge in [0.15, 0.2) is 0 Å². The fourth-order valence-corrected chi connectivity index (χ4v) is 1.80. The summed E-state index contributed by atoms with van der Waals surface area (Å²) in [6, 6.07) is 0.0735. The van der Waals surface area contributed by atoms with Crippen molar-refractivity contribution < 1.29 is 9.32 Å². The molecule has 1 unspecified atom stereocenters. The van der Waals surface area contributed by atoms with E-state index in [1.807, 2.05) is 0 Å². The Bertz CT molecular complexity index is 376. The first-order chi connectivity index (χ1) is 7.59. The first-order valence-corrected chi connectivity index (χ1v) is 5.56. The molecule has 1 atom stereocenters. The van der Waals surface area contributed by atoms with E-state index >= 15 is 0 Å². The van der Waals surface area contributed by atoms with Crippen LogP contribution in [0.25, 0.3) is 0 Å². The molecule has 88 valence electrons. The third-order valence-corrected chi connectivity index (χ3v) is 2.99. The Morgan fingerprint density at radius 3 is 2.81 bits per heavy atom. The van der Waals surface area contributed by atoms with Crippen molar-refractivity contribution in [3.8, 4) is 0 Å². The number of aromatic nitrogens is 1. The summed E-state index contributed by atoms with van der Waals surface area (Å²) in [4.78, 5) is 11.8. The van der Waals surface area contributed by atoms with Gasteiger partial charge in [-0.1, -0.05) is 5.16 Å². The highest BCUT2D eigenvalue weighted by molar-refractivity contribution is 5.96. The number of aryl methyl sites for hydroxylation is 2. The Kier molecular flexibility index (Phi) is 2.96. The van der Waals surface area contributed by atoms with Gasteiger partial charge in [-0.3, -0.25) is 4.79 Å². The molecule has 1 aromatic heterocycles. The zero-order chi connectivity index (χ0) is 11.7. The average Bonchev–Trinajstić information content (AvgIpc) is 3.02. The molecule has 0 radical (unpaired) electrons. The lowest BCUT2D eigenvalue weighted by Gasteiger charge is -2.11. The standard InChI is InChI=1S/C11H17N3O2/c1-6-10(7(2)16-14-6)11(15)13-5-9(12)8-3-4-8/h8-9H,3-5,12H2,1-2H3,(H,13,15). The highest BCUT2D eigenvalue weighted by Crippen LogP contribution is 2.31. The smallest absolute Gasteiger partial charge is 0.256 e. The highest BCUT2D eigenvalue weighted by atomic mass is 16.5. The lowest BCUT2D eigenvalue weighted by Crippen LogP contribution is -2.38. The summed E-state index contributed by atoms with van der Waals surface area (Å²) < 4.78 is 4.94. The van der Waals surface area contributed by atoms with Gasteiger partial charge in [-0.25, -0.2) is 0 Å². The van der Waals surface area contributed by atoms with Crippen LogP contribution in [-0.2, 0) is 0 Å². The molecule has 1 aromatic rings. The van der Waals surface area contributed by atoms with Crippen molar-refractivity contribution in [3.05, 3.63) is 17.0 Å². The van der Waals surface area contributed by atoms with Gasteiger partial charge in [0.05, 0.1) is 5.69 Å². The van der Waals surface area contributed by atoms with Crippen LogP contribution in [-0.4, -0.2) is 23.7 Å². The summed E-state index contributed by atoms with van der Waals surface area (Å²) in [5.74, 6) is 0.993. The van der Waals surface area contributed by atoms with E-state index in [-0.39, 0.29) is 11.9 Å². The SMILES string of the molecule is Cc1noc(C)c1C(=O)NCC(N)C1CC1. The van der Waals surface area contributed by atoms with Crippen molar-refractivity contribution >= 4 is 5.91 Å². The lowest BCUT2D eigenvalue weighted by molar-refractivity contribution is 0.0948. The maximum absolute atomic E-state index is 11.8. The summed E-state index contributed by atoms with van der Waals surface area (Å²) in [6.07, 6.45) is 2.37. The number of amides is 1. The van der Waals surface area contributed by atoms with Gasteiger partial charge in [0.1, 0.15) is 11.3 Å². The molecule has 3 N–H and O–H groups in total. The van der Waals surface area contributed by atoms with Gasteiger partial charge in [0.25, 0.3) is 5.91 Å². The number of rotatable bonds is 4. The topological polar surface area (TPSA) is 81.2 Å². The van der Waals surface area contributed by atoms with Gasteiger partial charge in [-0.15, -0.1) is 0 Å². The molecule has 16 heavy (non-hydrogen) atoms. The van der Waals surface area contributed by atoms with Gasteiger partial charge in [-0.05, 0) is 32.6 Å². The molecular weight excluding hydrogens is 206 g/mol. The summed E-state index contributed by atoms with van der Waals surface area (Å²) >= 11 is 0. The summed E-state index contributed by atoms with van der Waals surface area (Å²) in [5.41, 5.74) is 7.05. The molecule has 0 bridgehead atoms. The van der Waals surface area contributed by atoms with Crippen molar-refractivity contribution in [1.29, 1.82) is 0 Å². The van der Waals surface area contributed by atoms with E-state index in [9.17, 15) is 4.79 Å². The molecule has 1 amide bonds. The second-order valence-corrected chi connectivity index (χ2v) is 4.41. The average molecular weight is 223 g/mol. The van der Waals surface area contributed by atoms with Crippen molar-refractivity contribution in [2.45, 2.75) is 32.7 Å². The van der Waals surface area contributed by atoms with Crippen LogP contribution in [0.15, 0.2) is 4.52 Å². The van der Waals surface area contributed by atoms with E-state index in [4.69, 9.17) is 10.3 Å². The maximum atomic E-state index is 11.8. The van der Waals surface area contributed by atoms with Gasteiger partial charge in [0, 0.05) is 12.6 Å². The zero-order valence-electron chi connectivity index (χ0n) is 9.62. The predicted octanol–water partition coefficient (Wildman–Crippen LogP) is 0.759. The van der Waals surface area contributed by atoms with E-state index in [1.54, 1.807) is 13.8 Å². The Hall–Kier alpha value is -1.36. The molecule has 1 fully saturated rings. The molecule has 5 heteroatoms. The fourth-order valence-electron chi connectivity index (χ4n) is 1.80. The minimum atomic E-state index is -0.146. The molecule has 0 saturated heterocycles. The van der Waals surface area contributed by atoms with Gasteiger partial charge >= 0.3 is 0 Å². The predicted molar refractivity (Wildman–Crippen MR) is 59.0 cm³/mol. The lowest BCUT2D eigenvalue weighted by atomic mass is 10.1. The van der Waals surface area contributed by atoms with E-state index in [0.29, 0.717) is 29.5 Å². The van der Waals surface area contributed by atoms with Crippen molar-refractivity contribution in [2.24, 2.45) is 11.7 Å². The minimum Gasteiger partial charge on any atom is -0.361 e. The van der Waals surface area contributed by atoms with Crippen LogP contribution in [0.4, 0.5) is 0 Å². The summed E-state index contributed by atoms with van der Waals surface area (Å²) in [7, 11) is 0. The number of carbonyl (C=O) groups is 1. The second-order valence-electron chi connectivity index (χ2n) is 4.41. The van der Waals surface area contributed by atoms with E-state index in [0.717, 1.165) is 0 Å². The van der Waals surface area contributed by atoms with E-state index in [1.165, 1.54) is 12.8 Å². The first-order valence-electron chi connectivity index (χ1n) is 5.56. The largest absolute Gasteiger partial charge is 0.361 e. The Balaban J connectivity index is 1.92. The molecule has 5 nitrogen and oxygen atoms in total. The number of nitrogens with zero attached hydrogens (tertiary/aromatic N) is 1. The number of nitrogens with two attached hydrogens (primary N) is 1. The third-order valence-electron chi connectivity index (χ3n) is 2.99. The molecular formula is C11H17N3O2. The number of nitrogens with one attached hydrogen (secondary N) is 1. The molecule has 0 spiro atoms. The van der Waals surface area contributed by atoms with Crippen molar-refractivity contribution in [3.63, 3.8) is 0 Å². The Labute approximate surface area is 94.4 Å². The van der Waals surface area contributed by atoms with Crippen LogP contribution in [0.1, 0.15) is 34.7 Å². The molecule has 0 aromatic carbocycles. The van der Waals surface area contributed by atoms with Crippen LogP contribution in [0, 0.1) is 19.8 Å². The third kappa shape index (κ3) is 2.24. The summed E-state index contributed by atoms with van der Waals surface area (Å²) in [6.45, 7) is 4.01. The van der Waals surface area contributed by atoms with Crippen LogP contribution >= 0.6 is 0 Å². The highest BCUT2D eigenvalue weighted by Gasteiger charge is 2.29. The molecule has 2 rings (SSSR count). The molecule has 1 saturated carbocycles. The monoisotopic (exact) mass is 223 g/mol. The maximum Gasteiger partial charge on any atom is 0.256 e. The van der Waals surface area contributed by atoms with Crippen molar-refractivity contribution in [2.75, 3.05) is 6.54 Å². The molecule has 1 aliphatic rings. The minimum absolute atomic E-state index is 0.0735. The van der Waals surface area contributed by atoms with Crippen LogP contribution in [0.2, 0.25) is 0 Å². The molecule has 1 aliphatic carbocycles. The Morgan fingerprint density at radius 2 is 2.31 bits per heavy atom. The quantitative estimate of drug-likeness (QED) is 0.789. The van der Waals surface area contributed by atoms with Gasteiger partial charge in [-0.2, -0.15) is 0 Å². The normalized spacial score (nSPS) is 17.2. The first kappa shape index (κ1) is 11.1.